The van der Waals surface area contributed by atoms with Gasteiger partial charge in [0.05, 0.1) is 13.7 Å². The maximum Gasteiger partial charge on any atom is 0.176 e. The predicted molar refractivity (Wildman–Crippen MR) is 87.1 cm³/mol. The van der Waals surface area contributed by atoms with Crippen molar-refractivity contribution in [3.63, 3.8) is 0 Å². The van der Waals surface area contributed by atoms with Crippen LogP contribution in [0.25, 0.3) is 11.0 Å². The molecule has 0 spiro atoms. The van der Waals surface area contributed by atoms with Crippen molar-refractivity contribution < 1.29 is 9.15 Å². The van der Waals surface area contributed by atoms with Gasteiger partial charge in [0.2, 0.25) is 0 Å². The zero-order chi connectivity index (χ0) is 14.8. The maximum absolute atomic E-state index is 5.90. The third-order valence-corrected chi connectivity index (χ3v) is 4.73. The Balaban J connectivity index is 1.73. The molecule has 0 radical (unpaired) electrons. The van der Waals surface area contributed by atoms with Crippen LogP contribution in [-0.2, 0) is 6.54 Å². The molecule has 1 atom stereocenters. The monoisotopic (exact) mass is 301 g/mol. The van der Waals surface area contributed by atoms with Crippen molar-refractivity contribution in [1.82, 2.24) is 5.32 Å². The van der Waals surface area contributed by atoms with Crippen molar-refractivity contribution in [2.24, 2.45) is 0 Å². The minimum atomic E-state index is 0.318. The summed E-state index contributed by atoms with van der Waals surface area (Å²) in [5.74, 6) is 1.70. The van der Waals surface area contributed by atoms with Gasteiger partial charge in [0.1, 0.15) is 5.76 Å². The zero-order valence-corrected chi connectivity index (χ0v) is 13.3. The number of para-hydroxylation sites is 1. The minimum Gasteiger partial charge on any atom is -0.493 e. The number of nitrogens with one attached hydrogen (secondary N) is 1. The van der Waals surface area contributed by atoms with Crippen molar-refractivity contribution in [3.8, 4) is 5.75 Å². The Kier molecular flexibility index (Phi) is 3.99. The highest BCUT2D eigenvalue weighted by Crippen LogP contribution is 2.29. The van der Waals surface area contributed by atoms with E-state index in [2.05, 4.69) is 37.4 Å². The first-order valence-corrected chi connectivity index (χ1v) is 7.84. The van der Waals surface area contributed by atoms with E-state index in [4.69, 9.17) is 9.15 Å². The Morgan fingerprint density at radius 1 is 1.29 bits per heavy atom. The molecule has 1 N–H and O–H groups in total. The van der Waals surface area contributed by atoms with E-state index < -0.39 is 0 Å². The standard InChI is InChI=1S/C17H19NO2S/c1-11-7-8-16(21-11)12(2)18-10-14-9-13-5-4-6-15(19-3)17(13)20-14/h4-9,12,18H,10H2,1-3H3. The lowest BCUT2D eigenvalue weighted by molar-refractivity contribution is 0.405. The number of thiophene rings is 1. The van der Waals surface area contributed by atoms with E-state index in [0.29, 0.717) is 12.6 Å². The summed E-state index contributed by atoms with van der Waals surface area (Å²) >= 11 is 1.83. The molecule has 0 saturated carbocycles. The average Bonchev–Trinajstić information content (AvgIpc) is 3.10. The highest BCUT2D eigenvalue weighted by molar-refractivity contribution is 7.12. The normalized spacial score (nSPS) is 12.7. The van der Waals surface area contributed by atoms with E-state index in [-0.39, 0.29) is 0 Å². The number of hydrogen-bond donors (Lipinski definition) is 1. The third kappa shape index (κ3) is 2.96. The van der Waals surface area contributed by atoms with E-state index >= 15 is 0 Å². The molecule has 0 aliphatic carbocycles. The molecule has 1 aromatic carbocycles. The van der Waals surface area contributed by atoms with Crippen LogP contribution in [0.1, 0.15) is 28.5 Å². The molecule has 0 aliphatic heterocycles. The molecule has 1 unspecified atom stereocenters. The molecule has 110 valence electrons. The molecule has 2 heterocycles. The van der Waals surface area contributed by atoms with Gasteiger partial charge in [-0.05, 0) is 38.1 Å². The van der Waals surface area contributed by atoms with Crippen molar-refractivity contribution in [2.45, 2.75) is 26.4 Å². The molecule has 0 saturated heterocycles. The Morgan fingerprint density at radius 2 is 2.14 bits per heavy atom. The van der Waals surface area contributed by atoms with Crippen LogP contribution in [0.15, 0.2) is 40.8 Å². The smallest absolute Gasteiger partial charge is 0.176 e. The van der Waals surface area contributed by atoms with Crippen LogP contribution in [0.2, 0.25) is 0 Å². The van der Waals surface area contributed by atoms with Crippen molar-refractivity contribution in [2.75, 3.05) is 7.11 Å². The Bertz CT molecular complexity index is 744. The van der Waals surface area contributed by atoms with E-state index in [0.717, 1.165) is 22.5 Å². The van der Waals surface area contributed by atoms with Crippen molar-refractivity contribution in [1.29, 1.82) is 0 Å². The van der Waals surface area contributed by atoms with Crippen LogP contribution in [0.5, 0.6) is 5.75 Å². The van der Waals surface area contributed by atoms with Gasteiger partial charge in [-0.25, -0.2) is 0 Å². The lowest BCUT2D eigenvalue weighted by Gasteiger charge is -2.10. The Morgan fingerprint density at radius 3 is 2.86 bits per heavy atom. The second-order valence-corrected chi connectivity index (χ2v) is 6.46. The van der Waals surface area contributed by atoms with Crippen molar-refractivity contribution >= 4 is 22.3 Å². The van der Waals surface area contributed by atoms with Gasteiger partial charge < -0.3 is 14.5 Å². The van der Waals surface area contributed by atoms with Gasteiger partial charge in [0, 0.05) is 21.2 Å². The van der Waals surface area contributed by atoms with Crippen LogP contribution >= 0.6 is 11.3 Å². The second kappa shape index (κ2) is 5.92. The summed E-state index contributed by atoms with van der Waals surface area (Å²) in [5.41, 5.74) is 0.816. The molecule has 3 rings (SSSR count). The summed E-state index contributed by atoms with van der Waals surface area (Å²) < 4.78 is 11.2. The summed E-state index contributed by atoms with van der Waals surface area (Å²) in [4.78, 5) is 2.69. The lowest BCUT2D eigenvalue weighted by Crippen LogP contribution is -2.16. The molecule has 0 amide bonds. The van der Waals surface area contributed by atoms with Crippen LogP contribution in [-0.4, -0.2) is 7.11 Å². The first-order valence-electron chi connectivity index (χ1n) is 7.02. The fraction of sp³-hybridized carbons (Fsp3) is 0.294. The largest absolute Gasteiger partial charge is 0.493 e. The molecule has 0 bridgehead atoms. The Labute approximate surface area is 128 Å². The summed E-state index contributed by atoms with van der Waals surface area (Å²) in [7, 11) is 1.66. The highest BCUT2D eigenvalue weighted by atomic mass is 32.1. The van der Waals surface area contributed by atoms with Gasteiger partial charge in [-0.3, -0.25) is 0 Å². The van der Waals surface area contributed by atoms with E-state index in [1.54, 1.807) is 7.11 Å². The van der Waals surface area contributed by atoms with E-state index in [9.17, 15) is 0 Å². The van der Waals surface area contributed by atoms with Gasteiger partial charge in [-0.2, -0.15) is 0 Å². The SMILES string of the molecule is COc1cccc2cc(CNC(C)c3ccc(C)s3)oc12. The quantitative estimate of drug-likeness (QED) is 0.744. The highest BCUT2D eigenvalue weighted by Gasteiger charge is 2.11. The number of ether oxygens (including phenoxy) is 1. The van der Waals surface area contributed by atoms with Gasteiger partial charge >= 0.3 is 0 Å². The van der Waals surface area contributed by atoms with Crippen LogP contribution in [0.3, 0.4) is 0 Å². The third-order valence-electron chi connectivity index (χ3n) is 3.55. The van der Waals surface area contributed by atoms with Crippen LogP contribution in [0.4, 0.5) is 0 Å². The molecular formula is C17H19NO2S. The first kappa shape index (κ1) is 14.2. The molecule has 21 heavy (non-hydrogen) atoms. The van der Waals surface area contributed by atoms with Gasteiger partial charge in [-0.1, -0.05) is 12.1 Å². The number of aryl methyl sites for hydroxylation is 1. The lowest BCUT2D eigenvalue weighted by atomic mass is 10.2. The maximum atomic E-state index is 5.90. The topological polar surface area (TPSA) is 34.4 Å². The summed E-state index contributed by atoms with van der Waals surface area (Å²) in [6, 6.07) is 12.7. The Hall–Kier alpha value is -1.78. The van der Waals surface area contributed by atoms with Gasteiger partial charge in [0.25, 0.3) is 0 Å². The fourth-order valence-electron chi connectivity index (χ4n) is 2.38. The number of rotatable bonds is 5. The van der Waals surface area contributed by atoms with Crippen LogP contribution in [0, 0.1) is 6.92 Å². The minimum absolute atomic E-state index is 0.318. The second-order valence-electron chi connectivity index (χ2n) is 5.14. The van der Waals surface area contributed by atoms with Crippen LogP contribution < -0.4 is 10.1 Å². The molecule has 0 fully saturated rings. The number of fused-ring (bicyclic) bond motifs is 1. The summed E-state index contributed by atoms with van der Waals surface area (Å²) in [6.07, 6.45) is 0. The molecule has 4 heteroatoms. The average molecular weight is 301 g/mol. The van der Waals surface area contributed by atoms with Gasteiger partial charge in [-0.15, -0.1) is 11.3 Å². The predicted octanol–water partition coefficient (Wildman–Crippen LogP) is 4.66. The number of furan rings is 1. The molecule has 3 nitrogen and oxygen atoms in total. The number of benzene rings is 1. The molecule has 0 aliphatic rings. The van der Waals surface area contributed by atoms with E-state index in [1.807, 2.05) is 29.5 Å². The number of methoxy groups -OCH3 is 1. The van der Waals surface area contributed by atoms with Gasteiger partial charge in [0.15, 0.2) is 11.3 Å². The van der Waals surface area contributed by atoms with E-state index in [1.165, 1.54) is 9.75 Å². The van der Waals surface area contributed by atoms with Crippen molar-refractivity contribution in [3.05, 3.63) is 51.9 Å². The first-order chi connectivity index (χ1) is 10.2. The summed E-state index contributed by atoms with van der Waals surface area (Å²) in [6.45, 7) is 5.01. The molecule has 2 aromatic heterocycles. The summed E-state index contributed by atoms with van der Waals surface area (Å²) in [5, 5.41) is 4.58. The molecule has 3 aromatic rings. The molecular weight excluding hydrogens is 282 g/mol. The fourth-order valence-corrected chi connectivity index (χ4v) is 3.28. The number of hydrogen-bond acceptors (Lipinski definition) is 4. The zero-order valence-electron chi connectivity index (χ0n) is 12.5.